The molecule has 2 aromatic rings. The van der Waals surface area contributed by atoms with Crippen molar-refractivity contribution in [3.8, 4) is 0 Å². The van der Waals surface area contributed by atoms with E-state index in [1.807, 2.05) is 0 Å². The van der Waals surface area contributed by atoms with Gasteiger partial charge in [0.05, 0.1) is 17.1 Å². The second-order valence-electron chi connectivity index (χ2n) is 4.42. The van der Waals surface area contributed by atoms with E-state index in [2.05, 4.69) is 4.98 Å². The van der Waals surface area contributed by atoms with Gasteiger partial charge in [-0.2, -0.15) is 4.31 Å². The molecule has 2 heterocycles. The molecule has 2 rings (SSSR count). The Hall–Kier alpha value is -1.77. The Morgan fingerprint density at radius 2 is 2.14 bits per heavy atom. The van der Waals surface area contributed by atoms with Crippen LogP contribution in [0.4, 0.5) is 0 Å². The van der Waals surface area contributed by atoms with Gasteiger partial charge in [-0.05, 0) is 25.1 Å². The first kappa shape index (κ1) is 15.6. The van der Waals surface area contributed by atoms with Crippen molar-refractivity contribution in [3.05, 3.63) is 45.9 Å². The third kappa shape index (κ3) is 3.29. The van der Waals surface area contributed by atoms with Gasteiger partial charge in [0.25, 0.3) is 0 Å². The van der Waals surface area contributed by atoms with Crippen LogP contribution in [0.25, 0.3) is 0 Å². The van der Waals surface area contributed by atoms with Crippen LogP contribution in [0.1, 0.15) is 20.2 Å². The van der Waals surface area contributed by atoms with E-state index in [-0.39, 0.29) is 16.3 Å². The molecule has 0 radical (unpaired) electrons. The van der Waals surface area contributed by atoms with Crippen LogP contribution in [0.5, 0.6) is 0 Å². The second kappa shape index (κ2) is 5.92. The van der Waals surface area contributed by atoms with Crippen LogP contribution in [0.15, 0.2) is 35.4 Å². The van der Waals surface area contributed by atoms with Crippen LogP contribution in [-0.2, 0) is 16.6 Å². The summed E-state index contributed by atoms with van der Waals surface area (Å²) in [4.78, 5) is 15.5. The average molecular weight is 326 g/mol. The fourth-order valence-electron chi connectivity index (χ4n) is 1.80. The summed E-state index contributed by atoms with van der Waals surface area (Å²) in [5, 5.41) is 8.95. The summed E-state index contributed by atoms with van der Waals surface area (Å²) in [6.45, 7) is 1.72. The van der Waals surface area contributed by atoms with Gasteiger partial charge in [-0.3, -0.25) is 4.98 Å². The molecule has 0 saturated heterocycles. The Labute approximate surface area is 126 Å². The van der Waals surface area contributed by atoms with Crippen molar-refractivity contribution in [2.24, 2.45) is 0 Å². The maximum absolute atomic E-state index is 12.5. The molecule has 0 fully saturated rings. The number of aromatic nitrogens is 1. The minimum Gasteiger partial charge on any atom is -0.477 e. The van der Waals surface area contributed by atoms with E-state index in [9.17, 15) is 13.2 Å². The molecule has 0 bridgehead atoms. The average Bonchev–Trinajstić information content (AvgIpc) is 2.83. The van der Waals surface area contributed by atoms with E-state index >= 15 is 0 Å². The van der Waals surface area contributed by atoms with Gasteiger partial charge in [0.2, 0.25) is 10.0 Å². The summed E-state index contributed by atoms with van der Waals surface area (Å²) in [6.07, 6.45) is 1.59. The zero-order chi connectivity index (χ0) is 15.6. The number of nitrogens with zero attached hydrogens (tertiary/aromatic N) is 2. The number of carbonyl (C=O) groups is 1. The van der Waals surface area contributed by atoms with Crippen molar-refractivity contribution < 1.29 is 18.3 Å². The van der Waals surface area contributed by atoms with Gasteiger partial charge in [-0.25, -0.2) is 13.2 Å². The molecule has 21 heavy (non-hydrogen) atoms. The molecule has 0 aromatic carbocycles. The maximum Gasteiger partial charge on any atom is 0.345 e. The quantitative estimate of drug-likeness (QED) is 0.907. The number of carboxylic acid groups (broad SMARTS) is 1. The predicted octanol–water partition coefficient (Wildman–Crippen LogP) is 1.97. The fraction of sp³-hybridized carbons (Fsp3) is 0.231. The normalized spacial score (nSPS) is 11.8. The first-order valence-corrected chi connectivity index (χ1v) is 8.28. The number of aryl methyl sites for hydroxylation is 1. The Kier molecular flexibility index (Phi) is 4.40. The lowest BCUT2D eigenvalue weighted by Crippen LogP contribution is -2.27. The Bertz CT molecular complexity index is 754. The molecular weight excluding hydrogens is 312 g/mol. The molecule has 2 aromatic heterocycles. The highest BCUT2D eigenvalue weighted by Crippen LogP contribution is 2.28. The molecule has 0 amide bonds. The lowest BCUT2D eigenvalue weighted by Gasteiger charge is -2.16. The molecular formula is C13H14N2O4S2. The first-order chi connectivity index (χ1) is 9.82. The maximum atomic E-state index is 12.5. The number of rotatable bonds is 5. The number of sulfonamides is 1. The van der Waals surface area contributed by atoms with Crippen LogP contribution in [-0.4, -0.2) is 35.8 Å². The number of aromatic carboxylic acids is 1. The molecule has 0 aliphatic carbocycles. The Morgan fingerprint density at radius 1 is 1.43 bits per heavy atom. The van der Waals surface area contributed by atoms with Crippen molar-refractivity contribution in [3.63, 3.8) is 0 Å². The van der Waals surface area contributed by atoms with E-state index in [4.69, 9.17) is 5.11 Å². The summed E-state index contributed by atoms with van der Waals surface area (Å²) in [5.74, 6) is -1.13. The predicted molar refractivity (Wildman–Crippen MR) is 78.9 cm³/mol. The van der Waals surface area contributed by atoms with Crippen molar-refractivity contribution in [1.29, 1.82) is 0 Å². The van der Waals surface area contributed by atoms with Crippen molar-refractivity contribution in [2.45, 2.75) is 18.4 Å². The highest BCUT2D eigenvalue weighted by Gasteiger charge is 2.26. The minimum absolute atomic E-state index is 0.0114. The molecule has 0 saturated carbocycles. The molecule has 1 N–H and O–H groups in total. The third-order valence-corrected chi connectivity index (χ3v) is 5.98. The zero-order valence-electron chi connectivity index (χ0n) is 11.5. The largest absolute Gasteiger partial charge is 0.477 e. The standard InChI is InChI=1S/C13H14N2O4S2/c1-9-12(7-11(20-9)13(16)17)21(18,19)15(2)8-10-5-3-4-6-14-10/h3-7H,8H2,1-2H3,(H,16,17). The highest BCUT2D eigenvalue weighted by atomic mass is 32.2. The van der Waals surface area contributed by atoms with E-state index in [0.29, 0.717) is 10.6 Å². The van der Waals surface area contributed by atoms with E-state index in [0.717, 1.165) is 15.6 Å². The summed E-state index contributed by atoms with van der Waals surface area (Å²) < 4.78 is 26.2. The summed E-state index contributed by atoms with van der Waals surface area (Å²) >= 11 is 0.952. The number of thiophene rings is 1. The van der Waals surface area contributed by atoms with Crippen LogP contribution in [0.2, 0.25) is 0 Å². The number of hydrogen-bond acceptors (Lipinski definition) is 5. The lowest BCUT2D eigenvalue weighted by atomic mass is 10.3. The van der Waals surface area contributed by atoms with Crippen LogP contribution < -0.4 is 0 Å². The van der Waals surface area contributed by atoms with Gasteiger partial charge < -0.3 is 5.11 Å². The summed E-state index contributed by atoms with van der Waals surface area (Å²) in [7, 11) is -2.29. The molecule has 112 valence electrons. The topological polar surface area (TPSA) is 87.6 Å². The van der Waals surface area contributed by atoms with E-state index < -0.39 is 16.0 Å². The van der Waals surface area contributed by atoms with Gasteiger partial charge in [0.15, 0.2) is 0 Å². The van der Waals surface area contributed by atoms with Gasteiger partial charge in [-0.15, -0.1) is 11.3 Å². The highest BCUT2D eigenvalue weighted by molar-refractivity contribution is 7.89. The monoisotopic (exact) mass is 326 g/mol. The second-order valence-corrected chi connectivity index (χ2v) is 7.69. The number of hydrogen-bond donors (Lipinski definition) is 1. The Balaban J connectivity index is 2.31. The molecule has 0 spiro atoms. The molecule has 8 heteroatoms. The third-order valence-electron chi connectivity index (χ3n) is 2.88. The van der Waals surface area contributed by atoms with Crippen LogP contribution in [0, 0.1) is 6.92 Å². The van der Waals surface area contributed by atoms with E-state index in [1.54, 1.807) is 31.3 Å². The number of carboxylic acids is 1. The molecule has 0 aliphatic heterocycles. The van der Waals surface area contributed by atoms with Crippen LogP contribution in [0.3, 0.4) is 0 Å². The first-order valence-electron chi connectivity index (χ1n) is 6.02. The van der Waals surface area contributed by atoms with Gasteiger partial charge in [0, 0.05) is 18.1 Å². The molecule has 6 nitrogen and oxygen atoms in total. The van der Waals surface area contributed by atoms with Gasteiger partial charge in [-0.1, -0.05) is 6.07 Å². The van der Waals surface area contributed by atoms with Gasteiger partial charge >= 0.3 is 5.97 Å². The fourth-order valence-corrected chi connectivity index (χ4v) is 4.34. The summed E-state index contributed by atoms with van der Waals surface area (Å²) in [5.41, 5.74) is 0.620. The van der Waals surface area contributed by atoms with Crippen LogP contribution >= 0.6 is 11.3 Å². The molecule has 0 aliphatic rings. The van der Waals surface area contributed by atoms with Crippen molar-refractivity contribution >= 4 is 27.3 Å². The molecule has 0 atom stereocenters. The SMILES string of the molecule is Cc1sc(C(=O)O)cc1S(=O)(=O)N(C)Cc1ccccn1. The Morgan fingerprint density at radius 3 is 2.67 bits per heavy atom. The molecule has 0 unspecified atom stereocenters. The summed E-state index contributed by atoms with van der Waals surface area (Å²) in [6, 6.07) is 6.46. The van der Waals surface area contributed by atoms with E-state index in [1.165, 1.54) is 13.1 Å². The zero-order valence-corrected chi connectivity index (χ0v) is 13.1. The smallest absolute Gasteiger partial charge is 0.345 e. The lowest BCUT2D eigenvalue weighted by molar-refractivity contribution is 0.0702. The number of pyridine rings is 1. The van der Waals surface area contributed by atoms with Crippen molar-refractivity contribution in [2.75, 3.05) is 7.05 Å². The van der Waals surface area contributed by atoms with Gasteiger partial charge in [0.1, 0.15) is 4.88 Å². The van der Waals surface area contributed by atoms with Crippen molar-refractivity contribution in [1.82, 2.24) is 9.29 Å². The minimum atomic E-state index is -3.74.